The second kappa shape index (κ2) is 43.0. The van der Waals surface area contributed by atoms with E-state index in [2.05, 4.69) is 13.8 Å². The molecule has 5 N–H and O–H groups in total. The van der Waals surface area contributed by atoms with Crippen molar-refractivity contribution < 1.29 is 35.1 Å². The molecule has 7 nitrogen and oxygen atoms in total. The second-order valence-electron chi connectivity index (χ2n) is 12.2. The Morgan fingerprint density at radius 1 is 0.419 bits per heavy atom. The van der Waals surface area contributed by atoms with E-state index in [9.17, 15) is 9.59 Å². The first kappa shape index (κ1) is 46.2. The lowest BCUT2D eigenvalue weighted by molar-refractivity contribution is -0.138. The maximum absolute atomic E-state index is 10.3. The van der Waals surface area contributed by atoms with Gasteiger partial charge in [0.2, 0.25) is 0 Å². The minimum Gasteiger partial charge on any atom is -0.481 e. The van der Waals surface area contributed by atoms with E-state index < -0.39 is 11.9 Å². The Morgan fingerprint density at radius 2 is 0.674 bits per heavy atom. The molecule has 0 saturated carbocycles. The highest BCUT2D eigenvalue weighted by Crippen LogP contribution is 2.14. The molecule has 0 aromatic rings. The van der Waals surface area contributed by atoms with Gasteiger partial charge in [0.15, 0.2) is 0 Å². The molecule has 0 unspecified atom stereocenters. The normalized spacial score (nSPS) is 10.7. The van der Waals surface area contributed by atoms with Crippen molar-refractivity contribution in [3.05, 3.63) is 0 Å². The monoisotopic (exact) mass is 619 g/mol. The maximum atomic E-state index is 10.3. The number of aliphatic hydroxyl groups excluding tert-OH is 3. The molecule has 0 aliphatic rings. The van der Waals surface area contributed by atoms with Gasteiger partial charge in [0, 0.05) is 38.6 Å². The standard InChI is InChI=1S/C18H36O2.C12H24O2.C6H14O3/c1-2-3-4-5-6-7-8-9-10-11-12-13-14-15-16-17-18(19)20;1-2-3-4-5-6-7-8-9-10-11-12(13)14;7-3-1-2-6(4-8)5-9/h2-17H2,1H3,(H,19,20);2-11H2,1H3,(H,13,14);6-9H,1-5H2. The molecule has 0 radical (unpaired) electrons. The van der Waals surface area contributed by atoms with Gasteiger partial charge in [-0.2, -0.15) is 0 Å². The van der Waals surface area contributed by atoms with Crippen molar-refractivity contribution >= 4 is 11.9 Å². The number of unbranched alkanes of at least 4 members (excludes halogenated alkanes) is 22. The highest BCUT2D eigenvalue weighted by Gasteiger charge is 2.03. The van der Waals surface area contributed by atoms with Crippen LogP contribution in [-0.4, -0.2) is 57.3 Å². The molecule has 0 amide bonds. The number of aliphatic hydroxyl groups is 3. The van der Waals surface area contributed by atoms with Crippen LogP contribution in [0.1, 0.15) is 194 Å². The third-order valence-corrected chi connectivity index (χ3v) is 7.78. The van der Waals surface area contributed by atoms with E-state index in [0.29, 0.717) is 25.7 Å². The van der Waals surface area contributed by atoms with Crippen molar-refractivity contribution in [3.63, 3.8) is 0 Å². The minimum atomic E-state index is -0.659. The zero-order valence-electron chi connectivity index (χ0n) is 28.6. The zero-order chi connectivity index (χ0) is 32.7. The summed E-state index contributed by atoms with van der Waals surface area (Å²) < 4.78 is 0. The molecular weight excluding hydrogens is 544 g/mol. The molecule has 0 heterocycles. The van der Waals surface area contributed by atoms with E-state index >= 15 is 0 Å². The van der Waals surface area contributed by atoms with Gasteiger partial charge < -0.3 is 25.5 Å². The Balaban J connectivity index is -0.000000604. The van der Waals surface area contributed by atoms with Crippen molar-refractivity contribution in [2.45, 2.75) is 194 Å². The molecule has 43 heavy (non-hydrogen) atoms. The Labute approximate surface area is 266 Å². The van der Waals surface area contributed by atoms with E-state index in [0.717, 1.165) is 25.7 Å². The van der Waals surface area contributed by atoms with Gasteiger partial charge in [0.25, 0.3) is 0 Å². The average Bonchev–Trinajstić information content (AvgIpc) is 2.99. The molecule has 0 spiro atoms. The topological polar surface area (TPSA) is 135 Å². The van der Waals surface area contributed by atoms with Gasteiger partial charge in [-0.25, -0.2) is 0 Å². The quantitative estimate of drug-likeness (QED) is 0.0488. The molecular formula is C36H74O7. The van der Waals surface area contributed by atoms with Crippen LogP contribution in [0, 0.1) is 5.92 Å². The molecule has 0 aromatic heterocycles. The van der Waals surface area contributed by atoms with Crippen LogP contribution in [0.25, 0.3) is 0 Å². The van der Waals surface area contributed by atoms with Gasteiger partial charge in [-0.05, 0) is 25.7 Å². The molecule has 0 rings (SSSR count). The molecule has 0 fully saturated rings. The van der Waals surface area contributed by atoms with Crippen molar-refractivity contribution in [2.75, 3.05) is 19.8 Å². The molecule has 0 atom stereocenters. The summed E-state index contributed by atoms with van der Waals surface area (Å²) in [5, 5.41) is 42.3. The van der Waals surface area contributed by atoms with Gasteiger partial charge in [-0.3, -0.25) is 9.59 Å². The lowest BCUT2D eigenvalue weighted by Crippen LogP contribution is -2.11. The highest BCUT2D eigenvalue weighted by atomic mass is 16.4. The SMILES string of the molecule is CCCCCCCCCCCC(=O)O.CCCCCCCCCCCCCCCCCC(=O)O.OCCCC(CO)CO. The van der Waals surface area contributed by atoms with Crippen molar-refractivity contribution in [1.29, 1.82) is 0 Å². The number of carboxylic acid groups (broad SMARTS) is 2. The molecule has 0 aromatic carbocycles. The lowest BCUT2D eigenvalue weighted by Gasteiger charge is -2.07. The number of carboxylic acids is 2. The first-order valence-corrected chi connectivity index (χ1v) is 18.2. The van der Waals surface area contributed by atoms with Crippen LogP contribution < -0.4 is 0 Å². The zero-order valence-corrected chi connectivity index (χ0v) is 28.6. The van der Waals surface area contributed by atoms with Crippen molar-refractivity contribution in [1.82, 2.24) is 0 Å². The number of carbonyl (C=O) groups is 2. The molecule has 0 bridgehead atoms. The minimum absolute atomic E-state index is 0.0104. The van der Waals surface area contributed by atoms with Crippen LogP contribution in [0.4, 0.5) is 0 Å². The largest absolute Gasteiger partial charge is 0.481 e. The Hall–Kier alpha value is -1.18. The summed E-state index contributed by atoms with van der Waals surface area (Å²) in [5.41, 5.74) is 0. The van der Waals surface area contributed by atoms with Crippen LogP contribution in [0.3, 0.4) is 0 Å². The first-order valence-electron chi connectivity index (χ1n) is 18.2. The van der Waals surface area contributed by atoms with Gasteiger partial charge in [-0.1, -0.05) is 155 Å². The van der Waals surface area contributed by atoms with Crippen LogP contribution in [0.5, 0.6) is 0 Å². The predicted octanol–water partition coefficient (Wildman–Crippen LogP) is 9.68. The van der Waals surface area contributed by atoms with Gasteiger partial charge in [0.1, 0.15) is 0 Å². The fourth-order valence-corrected chi connectivity index (χ4v) is 4.85. The highest BCUT2D eigenvalue weighted by molar-refractivity contribution is 5.66. The van der Waals surface area contributed by atoms with Gasteiger partial charge in [-0.15, -0.1) is 0 Å². The number of hydrogen-bond acceptors (Lipinski definition) is 5. The number of hydrogen-bond donors (Lipinski definition) is 5. The van der Waals surface area contributed by atoms with E-state index in [1.54, 1.807) is 0 Å². The Bertz CT molecular complexity index is 524. The first-order chi connectivity index (χ1) is 20.9. The number of aliphatic carboxylic acids is 2. The van der Waals surface area contributed by atoms with Crippen molar-refractivity contribution in [2.24, 2.45) is 5.92 Å². The molecule has 0 saturated heterocycles. The molecule has 0 aliphatic heterocycles. The van der Waals surface area contributed by atoms with E-state index in [1.807, 2.05) is 0 Å². The van der Waals surface area contributed by atoms with Crippen LogP contribution in [0.2, 0.25) is 0 Å². The van der Waals surface area contributed by atoms with E-state index in [-0.39, 0.29) is 25.7 Å². The summed E-state index contributed by atoms with van der Waals surface area (Å²) in [7, 11) is 0. The molecule has 0 aliphatic carbocycles. The van der Waals surface area contributed by atoms with Crippen LogP contribution in [0.15, 0.2) is 0 Å². The second-order valence-corrected chi connectivity index (χ2v) is 12.2. The molecule has 260 valence electrons. The molecule has 7 heteroatoms. The van der Waals surface area contributed by atoms with E-state index in [4.69, 9.17) is 25.5 Å². The van der Waals surface area contributed by atoms with Gasteiger partial charge in [0.05, 0.1) is 0 Å². The third-order valence-electron chi connectivity index (χ3n) is 7.78. The summed E-state index contributed by atoms with van der Waals surface area (Å²) in [6, 6.07) is 0. The fraction of sp³-hybridized carbons (Fsp3) is 0.944. The maximum Gasteiger partial charge on any atom is 0.303 e. The third kappa shape index (κ3) is 50.7. The smallest absolute Gasteiger partial charge is 0.303 e. The number of rotatable bonds is 31. The lowest BCUT2D eigenvalue weighted by atomic mass is 10.0. The Kier molecular flexibility index (Phi) is 46.2. The summed E-state index contributed by atoms with van der Waals surface area (Å²) in [6.07, 6.45) is 33.0. The summed E-state index contributed by atoms with van der Waals surface area (Å²) in [4.78, 5) is 20.5. The predicted molar refractivity (Wildman–Crippen MR) is 181 cm³/mol. The van der Waals surface area contributed by atoms with Crippen molar-refractivity contribution in [3.8, 4) is 0 Å². The average molecular weight is 619 g/mol. The summed E-state index contributed by atoms with van der Waals surface area (Å²) in [6.45, 7) is 4.65. The van der Waals surface area contributed by atoms with E-state index in [1.165, 1.54) is 128 Å². The van der Waals surface area contributed by atoms with Crippen LogP contribution in [-0.2, 0) is 9.59 Å². The summed E-state index contributed by atoms with van der Waals surface area (Å²) in [5.74, 6) is -1.36. The summed E-state index contributed by atoms with van der Waals surface area (Å²) >= 11 is 0. The Morgan fingerprint density at radius 3 is 0.884 bits per heavy atom. The van der Waals surface area contributed by atoms with Crippen LogP contribution >= 0.6 is 0 Å². The van der Waals surface area contributed by atoms with Gasteiger partial charge >= 0.3 is 11.9 Å². The fourth-order valence-electron chi connectivity index (χ4n) is 4.85.